The molecule has 0 amide bonds. The number of hydrogen-bond acceptors (Lipinski definition) is 5. The Morgan fingerprint density at radius 1 is 1.38 bits per heavy atom. The maximum absolute atomic E-state index is 12.3. The zero-order valence-corrected chi connectivity index (χ0v) is 13.2. The van der Waals surface area contributed by atoms with Crippen molar-refractivity contribution >= 4 is 28.1 Å². The average molecular weight is 336 g/mol. The number of halogens is 1. The fourth-order valence-corrected chi connectivity index (χ4v) is 4.01. The number of nitrogens with one attached hydrogen (secondary N) is 1. The molecule has 1 aromatic carbocycles. The predicted octanol–water partition coefficient (Wildman–Crippen LogP) is 1.14. The number of sulfonamides is 1. The maximum Gasteiger partial charge on any atom is 0.269 e. The maximum atomic E-state index is 12.3. The van der Waals surface area contributed by atoms with E-state index in [0.717, 1.165) is 0 Å². The highest BCUT2D eigenvalue weighted by atomic mass is 35.5. The highest BCUT2D eigenvalue weighted by Crippen LogP contribution is 2.18. The van der Waals surface area contributed by atoms with Gasteiger partial charge in [0, 0.05) is 37.8 Å². The molecule has 1 atom stereocenters. The van der Waals surface area contributed by atoms with Crippen molar-refractivity contribution in [1.82, 2.24) is 9.62 Å². The van der Waals surface area contributed by atoms with Crippen LogP contribution in [-0.4, -0.2) is 43.3 Å². The summed E-state index contributed by atoms with van der Waals surface area (Å²) in [6.07, 6.45) is 0. The second-order valence-corrected chi connectivity index (χ2v) is 6.77. The molecular formula is C12H18ClN3O4S. The van der Waals surface area contributed by atoms with E-state index >= 15 is 0 Å². The van der Waals surface area contributed by atoms with Gasteiger partial charge >= 0.3 is 0 Å². The van der Waals surface area contributed by atoms with Crippen LogP contribution in [0, 0.1) is 10.1 Å². The first-order valence-electron chi connectivity index (χ1n) is 6.34. The van der Waals surface area contributed by atoms with Crippen molar-refractivity contribution in [2.75, 3.05) is 19.6 Å². The van der Waals surface area contributed by atoms with Gasteiger partial charge in [-0.05, 0) is 12.5 Å². The zero-order valence-electron chi connectivity index (χ0n) is 11.6. The summed E-state index contributed by atoms with van der Waals surface area (Å²) in [5, 5.41) is 13.7. The van der Waals surface area contributed by atoms with Crippen molar-refractivity contribution in [2.24, 2.45) is 0 Å². The summed E-state index contributed by atoms with van der Waals surface area (Å²) in [7, 11) is -3.40. The molecule has 21 heavy (non-hydrogen) atoms. The Morgan fingerprint density at radius 3 is 2.52 bits per heavy atom. The van der Waals surface area contributed by atoms with E-state index in [9.17, 15) is 18.5 Å². The molecule has 1 saturated heterocycles. The van der Waals surface area contributed by atoms with Crippen LogP contribution in [0.4, 0.5) is 5.69 Å². The van der Waals surface area contributed by atoms with E-state index in [1.54, 1.807) is 0 Å². The lowest BCUT2D eigenvalue weighted by Gasteiger charge is -2.32. The van der Waals surface area contributed by atoms with Gasteiger partial charge in [0.2, 0.25) is 10.0 Å². The third-order valence-electron chi connectivity index (χ3n) is 3.29. The lowest BCUT2D eigenvalue weighted by molar-refractivity contribution is -0.384. The molecule has 7 nitrogen and oxygen atoms in total. The third-order valence-corrected chi connectivity index (χ3v) is 5.25. The van der Waals surface area contributed by atoms with E-state index in [0.29, 0.717) is 25.2 Å². The molecule has 0 aromatic heterocycles. The lowest BCUT2D eigenvalue weighted by Crippen LogP contribution is -2.52. The molecule has 0 aliphatic carbocycles. The van der Waals surface area contributed by atoms with Gasteiger partial charge in [-0.2, -0.15) is 4.31 Å². The SMILES string of the molecule is C[C@@H]1CNCCN1S(=O)(=O)Cc1ccc([N+](=O)[O-])cc1.Cl. The van der Waals surface area contributed by atoms with Crippen molar-refractivity contribution in [2.45, 2.75) is 18.7 Å². The topological polar surface area (TPSA) is 92.6 Å². The van der Waals surface area contributed by atoms with Crippen LogP contribution >= 0.6 is 12.4 Å². The number of rotatable bonds is 4. The van der Waals surface area contributed by atoms with Crippen LogP contribution < -0.4 is 5.32 Å². The highest BCUT2D eigenvalue weighted by molar-refractivity contribution is 7.88. The summed E-state index contributed by atoms with van der Waals surface area (Å²) in [5.74, 6) is -0.130. The summed E-state index contributed by atoms with van der Waals surface area (Å²) < 4.78 is 26.2. The fraction of sp³-hybridized carbons (Fsp3) is 0.500. The van der Waals surface area contributed by atoms with Gasteiger partial charge in [-0.1, -0.05) is 12.1 Å². The van der Waals surface area contributed by atoms with Crippen LogP contribution in [0.25, 0.3) is 0 Å². The molecule has 1 heterocycles. The van der Waals surface area contributed by atoms with E-state index in [-0.39, 0.29) is 29.9 Å². The van der Waals surface area contributed by atoms with Crippen molar-refractivity contribution in [3.8, 4) is 0 Å². The number of nitrogens with zero attached hydrogens (tertiary/aromatic N) is 2. The van der Waals surface area contributed by atoms with E-state index in [1.165, 1.54) is 28.6 Å². The smallest absolute Gasteiger partial charge is 0.269 e. The molecule has 1 fully saturated rings. The summed E-state index contributed by atoms with van der Waals surface area (Å²) in [4.78, 5) is 10.1. The average Bonchev–Trinajstić information content (AvgIpc) is 2.39. The summed E-state index contributed by atoms with van der Waals surface area (Å²) in [5.41, 5.74) is 0.517. The monoisotopic (exact) mass is 335 g/mol. The summed E-state index contributed by atoms with van der Waals surface area (Å²) in [6.45, 7) is 3.60. The van der Waals surface area contributed by atoms with Crippen LogP contribution in [0.15, 0.2) is 24.3 Å². The van der Waals surface area contributed by atoms with Crippen molar-refractivity contribution in [1.29, 1.82) is 0 Å². The molecule has 1 aliphatic heterocycles. The van der Waals surface area contributed by atoms with Crippen LogP contribution in [0.3, 0.4) is 0 Å². The van der Waals surface area contributed by atoms with E-state index < -0.39 is 14.9 Å². The highest BCUT2D eigenvalue weighted by Gasteiger charge is 2.29. The van der Waals surface area contributed by atoms with Crippen LogP contribution in [0.5, 0.6) is 0 Å². The third kappa shape index (κ3) is 4.37. The Balaban J connectivity index is 0.00000220. The Hall–Kier alpha value is -1.22. The van der Waals surface area contributed by atoms with Gasteiger partial charge in [0.1, 0.15) is 0 Å². The van der Waals surface area contributed by atoms with Gasteiger partial charge < -0.3 is 5.32 Å². The fourth-order valence-electron chi connectivity index (χ4n) is 2.24. The molecule has 118 valence electrons. The second kappa shape index (κ2) is 7.17. The summed E-state index contributed by atoms with van der Waals surface area (Å²) in [6, 6.07) is 5.55. The van der Waals surface area contributed by atoms with Crippen molar-refractivity contribution in [3.05, 3.63) is 39.9 Å². The second-order valence-electron chi connectivity index (χ2n) is 4.84. The minimum absolute atomic E-state index is 0. The first kappa shape index (κ1) is 17.8. The lowest BCUT2D eigenvalue weighted by atomic mass is 10.2. The Labute approximate surface area is 129 Å². The van der Waals surface area contributed by atoms with E-state index in [2.05, 4.69) is 5.32 Å². The van der Waals surface area contributed by atoms with Gasteiger partial charge in [0.25, 0.3) is 5.69 Å². The Bertz CT molecular complexity index is 591. The number of nitro groups is 1. The molecule has 0 bridgehead atoms. The van der Waals surface area contributed by atoms with Gasteiger partial charge in [-0.25, -0.2) is 8.42 Å². The molecule has 1 aromatic rings. The van der Waals surface area contributed by atoms with Crippen LogP contribution in [-0.2, 0) is 15.8 Å². The van der Waals surface area contributed by atoms with Crippen molar-refractivity contribution < 1.29 is 13.3 Å². The standard InChI is InChI=1S/C12H17N3O4S.ClH/c1-10-8-13-6-7-14(10)20(18,19)9-11-2-4-12(5-3-11)15(16)17;/h2-5,10,13H,6-9H2,1H3;1H/t10-;/m1./s1. The zero-order chi connectivity index (χ0) is 14.8. The summed E-state index contributed by atoms with van der Waals surface area (Å²) >= 11 is 0. The van der Waals surface area contributed by atoms with Crippen molar-refractivity contribution in [3.63, 3.8) is 0 Å². The first-order chi connectivity index (χ1) is 9.40. The number of nitro benzene ring substituents is 1. The number of hydrogen-bond donors (Lipinski definition) is 1. The Morgan fingerprint density at radius 2 is 2.00 bits per heavy atom. The molecule has 0 radical (unpaired) electrons. The quantitative estimate of drug-likeness (QED) is 0.658. The molecule has 0 saturated carbocycles. The Kier molecular flexibility index (Phi) is 6.09. The molecule has 0 spiro atoms. The minimum atomic E-state index is -3.40. The first-order valence-corrected chi connectivity index (χ1v) is 7.94. The predicted molar refractivity (Wildman–Crippen MR) is 82.0 cm³/mol. The van der Waals surface area contributed by atoms with Gasteiger partial charge in [0.15, 0.2) is 0 Å². The van der Waals surface area contributed by atoms with Crippen LogP contribution in [0.1, 0.15) is 12.5 Å². The molecular weight excluding hydrogens is 318 g/mol. The largest absolute Gasteiger partial charge is 0.314 e. The van der Waals surface area contributed by atoms with E-state index in [1.807, 2.05) is 6.92 Å². The van der Waals surface area contributed by atoms with Crippen LogP contribution in [0.2, 0.25) is 0 Å². The van der Waals surface area contributed by atoms with Gasteiger partial charge in [-0.15, -0.1) is 12.4 Å². The molecule has 0 unspecified atom stereocenters. The number of piperazine rings is 1. The number of non-ortho nitro benzene ring substituents is 1. The number of benzene rings is 1. The molecule has 1 aliphatic rings. The normalized spacial score (nSPS) is 19.8. The molecule has 1 N–H and O–H groups in total. The van der Waals surface area contributed by atoms with E-state index in [4.69, 9.17) is 0 Å². The minimum Gasteiger partial charge on any atom is -0.314 e. The van der Waals surface area contributed by atoms with Gasteiger partial charge in [-0.3, -0.25) is 10.1 Å². The molecule has 2 rings (SSSR count). The molecule has 9 heteroatoms. The van der Waals surface area contributed by atoms with Gasteiger partial charge in [0.05, 0.1) is 10.7 Å².